The van der Waals surface area contributed by atoms with Gasteiger partial charge in [-0.25, -0.2) is 0 Å². The summed E-state index contributed by atoms with van der Waals surface area (Å²) in [6, 6.07) is 0. The molecule has 2 fully saturated rings. The van der Waals surface area contributed by atoms with Gasteiger partial charge >= 0.3 is 0 Å². The van der Waals surface area contributed by atoms with E-state index >= 15 is 0 Å². The van der Waals surface area contributed by atoms with Crippen LogP contribution >= 0.6 is 0 Å². The summed E-state index contributed by atoms with van der Waals surface area (Å²) in [5, 5.41) is 0. The van der Waals surface area contributed by atoms with Gasteiger partial charge in [0.15, 0.2) is 6.29 Å². The van der Waals surface area contributed by atoms with Crippen LogP contribution in [0.4, 0.5) is 0 Å². The number of hydrogen-bond donors (Lipinski definition) is 0. The Balaban J connectivity index is 1.43. The van der Waals surface area contributed by atoms with Gasteiger partial charge in [0.25, 0.3) is 0 Å². The zero-order valence-electron chi connectivity index (χ0n) is 9.91. The fourth-order valence-corrected chi connectivity index (χ4v) is 2.42. The van der Waals surface area contributed by atoms with Crippen molar-refractivity contribution in [2.75, 3.05) is 0 Å². The molecule has 0 saturated carbocycles. The van der Waals surface area contributed by atoms with Crippen molar-refractivity contribution in [2.45, 2.75) is 83.2 Å². The highest BCUT2D eigenvalue weighted by molar-refractivity contribution is 4.84. The maximum Gasteiger partial charge on any atom is 0.184 e. The molecule has 2 aliphatic heterocycles. The predicted molar refractivity (Wildman–Crippen MR) is 60.8 cm³/mol. The summed E-state index contributed by atoms with van der Waals surface area (Å²) < 4.78 is 11.1. The van der Waals surface area contributed by atoms with Crippen LogP contribution in [0.1, 0.15) is 64.7 Å². The van der Waals surface area contributed by atoms with Crippen molar-refractivity contribution in [3.8, 4) is 0 Å². The van der Waals surface area contributed by atoms with E-state index in [2.05, 4.69) is 6.92 Å². The van der Waals surface area contributed by atoms with Crippen LogP contribution in [-0.2, 0) is 9.47 Å². The number of unbranched alkanes of at least 4 members (excludes halogenated alkanes) is 5. The number of fused-ring (bicyclic) bond motifs is 1. The van der Waals surface area contributed by atoms with Crippen LogP contribution in [0.15, 0.2) is 0 Å². The van der Waals surface area contributed by atoms with E-state index in [1.807, 2.05) is 0 Å². The SMILES string of the molecule is CCCCCCCCC1CCC2OC2O1. The molecule has 0 N–H and O–H groups in total. The minimum absolute atomic E-state index is 0.184. The van der Waals surface area contributed by atoms with Crippen molar-refractivity contribution in [3.63, 3.8) is 0 Å². The van der Waals surface area contributed by atoms with E-state index in [0.717, 1.165) is 0 Å². The fraction of sp³-hybridized carbons (Fsp3) is 1.00. The van der Waals surface area contributed by atoms with E-state index < -0.39 is 0 Å². The molecular weight excluding hydrogens is 188 g/mol. The topological polar surface area (TPSA) is 21.8 Å². The predicted octanol–water partition coefficient (Wildman–Crippen LogP) is 3.64. The molecule has 3 unspecified atom stereocenters. The summed E-state index contributed by atoms with van der Waals surface area (Å²) in [6.45, 7) is 2.27. The third kappa shape index (κ3) is 3.76. The van der Waals surface area contributed by atoms with E-state index in [9.17, 15) is 0 Å². The van der Waals surface area contributed by atoms with E-state index in [4.69, 9.17) is 9.47 Å². The Hall–Kier alpha value is -0.0800. The summed E-state index contributed by atoms with van der Waals surface area (Å²) >= 11 is 0. The first-order chi connectivity index (χ1) is 7.40. The molecule has 15 heavy (non-hydrogen) atoms. The van der Waals surface area contributed by atoms with Crippen molar-refractivity contribution in [3.05, 3.63) is 0 Å². The van der Waals surface area contributed by atoms with Crippen LogP contribution in [0, 0.1) is 0 Å². The Kier molecular flexibility index (Phi) is 4.45. The standard InChI is InChI=1S/C13H24O2/c1-2-3-4-5-6-7-8-11-9-10-12-13(14-11)15-12/h11-13H,2-10H2,1H3. The quantitative estimate of drug-likeness (QED) is 0.474. The third-order valence-electron chi connectivity index (χ3n) is 3.52. The average molecular weight is 212 g/mol. The minimum atomic E-state index is 0.184. The fourth-order valence-electron chi connectivity index (χ4n) is 2.42. The van der Waals surface area contributed by atoms with Gasteiger partial charge in [0.2, 0.25) is 0 Å². The second-order valence-corrected chi connectivity index (χ2v) is 4.93. The molecule has 2 aliphatic rings. The van der Waals surface area contributed by atoms with Gasteiger partial charge in [-0.15, -0.1) is 0 Å². The van der Waals surface area contributed by atoms with E-state index in [1.54, 1.807) is 0 Å². The Bertz CT molecular complexity index is 181. The Morgan fingerprint density at radius 3 is 2.53 bits per heavy atom. The Morgan fingerprint density at radius 2 is 1.73 bits per heavy atom. The van der Waals surface area contributed by atoms with Crippen LogP contribution < -0.4 is 0 Å². The molecule has 2 rings (SSSR count). The molecule has 0 bridgehead atoms. The summed E-state index contributed by atoms with van der Waals surface area (Å²) in [7, 11) is 0. The molecular formula is C13H24O2. The third-order valence-corrected chi connectivity index (χ3v) is 3.52. The summed E-state index contributed by atoms with van der Waals surface area (Å²) in [5.74, 6) is 0. The minimum Gasteiger partial charge on any atom is -0.347 e. The highest BCUT2D eigenvalue weighted by Crippen LogP contribution is 2.36. The van der Waals surface area contributed by atoms with Crippen LogP contribution in [0.5, 0.6) is 0 Å². The zero-order chi connectivity index (χ0) is 10.5. The van der Waals surface area contributed by atoms with Crippen molar-refractivity contribution in [1.82, 2.24) is 0 Å². The van der Waals surface area contributed by atoms with Gasteiger partial charge in [0, 0.05) is 0 Å². The molecule has 0 aliphatic carbocycles. The lowest BCUT2D eigenvalue weighted by Gasteiger charge is -2.19. The first-order valence-electron chi connectivity index (χ1n) is 6.71. The maximum atomic E-state index is 5.77. The molecule has 2 heteroatoms. The zero-order valence-corrected chi connectivity index (χ0v) is 9.91. The van der Waals surface area contributed by atoms with Crippen LogP contribution in [0.3, 0.4) is 0 Å². The molecule has 0 amide bonds. The number of hydrogen-bond acceptors (Lipinski definition) is 2. The molecule has 88 valence electrons. The van der Waals surface area contributed by atoms with E-state index in [-0.39, 0.29) is 6.29 Å². The van der Waals surface area contributed by atoms with E-state index in [1.165, 1.54) is 57.8 Å². The van der Waals surface area contributed by atoms with Crippen LogP contribution in [0.2, 0.25) is 0 Å². The molecule has 2 heterocycles. The molecule has 0 aromatic heterocycles. The monoisotopic (exact) mass is 212 g/mol. The lowest BCUT2D eigenvalue weighted by atomic mass is 10.0. The first kappa shape index (κ1) is 11.4. The van der Waals surface area contributed by atoms with Crippen molar-refractivity contribution >= 4 is 0 Å². The smallest absolute Gasteiger partial charge is 0.184 e. The summed E-state index contributed by atoms with van der Waals surface area (Å²) in [5.41, 5.74) is 0. The Morgan fingerprint density at radius 1 is 0.933 bits per heavy atom. The molecule has 2 saturated heterocycles. The second-order valence-electron chi connectivity index (χ2n) is 4.93. The molecule has 3 atom stereocenters. The van der Waals surface area contributed by atoms with Crippen LogP contribution in [-0.4, -0.2) is 18.5 Å². The normalized spacial score (nSPS) is 33.8. The molecule has 0 radical (unpaired) electrons. The van der Waals surface area contributed by atoms with E-state index in [0.29, 0.717) is 12.2 Å². The molecule has 0 aromatic rings. The number of epoxide rings is 1. The number of rotatable bonds is 7. The maximum absolute atomic E-state index is 5.77. The second kappa shape index (κ2) is 5.86. The lowest BCUT2D eigenvalue weighted by molar-refractivity contribution is -0.0259. The van der Waals surface area contributed by atoms with Crippen molar-refractivity contribution in [2.24, 2.45) is 0 Å². The first-order valence-corrected chi connectivity index (χ1v) is 6.71. The van der Waals surface area contributed by atoms with Crippen molar-refractivity contribution in [1.29, 1.82) is 0 Å². The van der Waals surface area contributed by atoms with Gasteiger partial charge < -0.3 is 9.47 Å². The molecule has 0 aromatic carbocycles. The Labute approximate surface area is 93.3 Å². The van der Waals surface area contributed by atoms with Crippen molar-refractivity contribution < 1.29 is 9.47 Å². The number of ether oxygens (including phenoxy) is 2. The van der Waals surface area contributed by atoms with Gasteiger partial charge in [-0.1, -0.05) is 45.4 Å². The van der Waals surface area contributed by atoms with Gasteiger partial charge in [0.05, 0.1) is 6.10 Å². The van der Waals surface area contributed by atoms with Gasteiger partial charge in [-0.2, -0.15) is 0 Å². The lowest BCUT2D eigenvalue weighted by Crippen LogP contribution is -2.21. The highest BCUT2D eigenvalue weighted by atomic mass is 16.8. The summed E-state index contributed by atoms with van der Waals surface area (Å²) in [4.78, 5) is 0. The summed E-state index contributed by atoms with van der Waals surface area (Å²) in [6.07, 6.45) is 13.1. The molecule has 2 nitrogen and oxygen atoms in total. The van der Waals surface area contributed by atoms with Gasteiger partial charge in [-0.3, -0.25) is 0 Å². The highest BCUT2D eigenvalue weighted by Gasteiger charge is 2.45. The van der Waals surface area contributed by atoms with Crippen LogP contribution in [0.25, 0.3) is 0 Å². The van der Waals surface area contributed by atoms with Gasteiger partial charge in [0.1, 0.15) is 6.10 Å². The van der Waals surface area contributed by atoms with Gasteiger partial charge in [-0.05, 0) is 19.3 Å². The average Bonchev–Trinajstić information content (AvgIpc) is 3.01. The largest absolute Gasteiger partial charge is 0.347 e. The molecule has 0 spiro atoms.